The Morgan fingerprint density at radius 3 is 0.931 bits per heavy atom. The normalized spacial score (nSPS) is 11.9. The second kappa shape index (κ2) is 16.1. The molecule has 0 saturated heterocycles. The minimum Gasteiger partial charge on any atom is -0.0622 e. The molecule has 0 fully saturated rings. The van der Waals surface area contributed by atoms with Gasteiger partial charge in [0.15, 0.2) is 0 Å². The quantitative estimate of drug-likeness (QED) is 0.110. The van der Waals surface area contributed by atoms with Gasteiger partial charge in [0.25, 0.3) is 0 Å². The molecule has 1 aliphatic rings. The minimum atomic E-state index is 1.19. The molecule has 0 aromatic heterocycles. The van der Waals surface area contributed by atoms with Gasteiger partial charge in [-0.1, -0.05) is 267 Å². The maximum Gasteiger partial charge on any atom is -0.0000480 e. The van der Waals surface area contributed by atoms with Crippen molar-refractivity contribution in [1.82, 2.24) is 0 Å². The molecule has 14 aromatic carbocycles. The average Bonchev–Trinajstić information content (AvgIpc) is 3.79. The Kier molecular flexibility index (Phi) is 9.06. The summed E-state index contributed by atoms with van der Waals surface area (Å²) in [4.78, 5) is 0. The predicted octanol–water partition coefficient (Wildman–Crippen LogP) is 20.2. The smallest absolute Gasteiger partial charge is 0.0000480 e. The predicted molar refractivity (Wildman–Crippen MR) is 308 cm³/mol. The van der Waals surface area contributed by atoms with Crippen LogP contribution in [-0.4, -0.2) is 0 Å². The average molecular weight is 909 g/mol. The van der Waals surface area contributed by atoms with Crippen LogP contribution in [0.25, 0.3) is 154 Å². The van der Waals surface area contributed by atoms with Crippen LogP contribution in [0, 0.1) is 0 Å². The molecule has 0 radical (unpaired) electrons. The van der Waals surface area contributed by atoms with Gasteiger partial charge >= 0.3 is 0 Å². The van der Waals surface area contributed by atoms with Crippen molar-refractivity contribution >= 4 is 53.9 Å². The van der Waals surface area contributed by atoms with Crippen molar-refractivity contribution in [3.05, 3.63) is 267 Å². The summed E-state index contributed by atoms with van der Waals surface area (Å²) >= 11 is 0. The Labute approximate surface area is 418 Å². The Morgan fingerprint density at radius 1 is 0.125 bits per heavy atom. The topological polar surface area (TPSA) is 0 Å². The molecule has 15 rings (SSSR count). The van der Waals surface area contributed by atoms with Gasteiger partial charge in [-0.2, -0.15) is 0 Å². The molecule has 0 aliphatic heterocycles. The molecule has 0 unspecified atom stereocenters. The molecule has 0 atom stereocenters. The highest BCUT2D eigenvalue weighted by atomic mass is 14.4. The van der Waals surface area contributed by atoms with E-state index in [4.69, 9.17) is 0 Å². The van der Waals surface area contributed by atoms with Gasteiger partial charge < -0.3 is 0 Å². The van der Waals surface area contributed by atoms with E-state index < -0.39 is 0 Å². The van der Waals surface area contributed by atoms with Gasteiger partial charge in [-0.3, -0.25) is 0 Å². The van der Waals surface area contributed by atoms with Crippen LogP contribution in [0.3, 0.4) is 0 Å². The first-order chi connectivity index (χ1) is 35.8. The highest BCUT2D eigenvalue weighted by Gasteiger charge is 2.36. The molecule has 0 heterocycles. The van der Waals surface area contributed by atoms with Gasteiger partial charge in [-0.15, -0.1) is 0 Å². The van der Waals surface area contributed by atoms with Gasteiger partial charge in [0.05, 0.1) is 0 Å². The third-order valence-corrected chi connectivity index (χ3v) is 15.5. The Morgan fingerprint density at radius 2 is 0.444 bits per heavy atom. The van der Waals surface area contributed by atoms with Crippen molar-refractivity contribution in [1.29, 1.82) is 0 Å². The molecule has 0 nitrogen and oxygen atoms in total. The van der Waals surface area contributed by atoms with Gasteiger partial charge in [0, 0.05) is 0 Å². The number of fused-ring (bicyclic) bond motifs is 6. The van der Waals surface area contributed by atoms with E-state index in [2.05, 4.69) is 267 Å². The molecule has 14 aromatic rings. The maximum absolute atomic E-state index is 2.46. The first kappa shape index (κ1) is 40.5. The lowest BCUT2D eigenvalue weighted by Crippen LogP contribution is -2.01. The molecule has 0 amide bonds. The molecule has 0 spiro atoms. The third-order valence-electron chi connectivity index (χ3n) is 15.5. The first-order valence-corrected chi connectivity index (χ1v) is 25.1. The van der Waals surface area contributed by atoms with Crippen LogP contribution in [-0.2, 0) is 0 Å². The van der Waals surface area contributed by atoms with E-state index in [0.717, 1.165) is 0 Å². The van der Waals surface area contributed by atoms with Crippen LogP contribution < -0.4 is 0 Å². The van der Waals surface area contributed by atoms with Gasteiger partial charge in [-0.05, 0) is 154 Å². The van der Waals surface area contributed by atoms with Crippen molar-refractivity contribution in [2.24, 2.45) is 0 Å². The summed E-state index contributed by atoms with van der Waals surface area (Å²) < 4.78 is 0. The third kappa shape index (κ3) is 5.87. The van der Waals surface area contributed by atoms with E-state index in [1.165, 1.54) is 154 Å². The van der Waals surface area contributed by atoms with E-state index >= 15 is 0 Å². The number of rotatable bonds is 7. The van der Waals surface area contributed by atoms with Crippen molar-refractivity contribution < 1.29 is 0 Å². The molecule has 332 valence electrons. The summed E-state index contributed by atoms with van der Waals surface area (Å²) in [7, 11) is 0. The van der Waals surface area contributed by atoms with Crippen LogP contribution in [0.15, 0.2) is 267 Å². The summed E-state index contributed by atoms with van der Waals surface area (Å²) in [5.74, 6) is 0. The lowest BCUT2D eigenvalue weighted by molar-refractivity contribution is 1.59. The molecule has 0 N–H and O–H groups in total. The lowest BCUT2D eigenvalue weighted by Gasteiger charge is -2.29. The SMILES string of the molecule is c1ccc(-c2c(-c3ccccc3)c3c(-c4ccccc4)c4c(c5c6ccc(-c7ccccc7)c7cccc(c(c2-c2ccccc2)c35)c76)-c2ccc(-c3ccccc3)c3c(-c5ccccc5)ccc-4c23)cc1. The molecule has 72 heavy (non-hydrogen) atoms. The standard InChI is InChI=1S/C72H44/c1-8-23-45(24-9-1)52-39-42-57-64-55(52)37-22-38-56(64)68-61(49-31-16-5-17-32-49)60(48-29-14-4-15-30-48)62(50-33-18-6-19-34-50)71-63(51-35-20-7-21-36-51)67-58-43-40-53(46-25-10-2-11-26-46)65-54(47-27-12-3-13-28-47)41-44-59(66(58)65)69(67)70(57)72(68)71/h1-44H. The van der Waals surface area contributed by atoms with Gasteiger partial charge in [-0.25, -0.2) is 0 Å². The van der Waals surface area contributed by atoms with Crippen LogP contribution in [0.2, 0.25) is 0 Å². The number of hydrogen-bond donors (Lipinski definition) is 0. The van der Waals surface area contributed by atoms with Crippen molar-refractivity contribution in [3.63, 3.8) is 0 Å². The summed E-state index contributed by atoms with van der Waals surface area (Å²) in [5, 5.41) is 12.8. The molecule has 0 saturated carbocycles. The second-order valence-electron chi connectivity index (χ2n) is 19.3. The highest BCUT2D eigenvalue weighted by Crippen LogP contribution is 2.64. The Bertz CT molecular complexity index is 4360. The summed E-state index contributed by atoms with van der Waals surface area (Å²) in [6.45, 7) is 0. The summed E-state index contributed by atoms with van der Waals surface area (Å²) in [5.41, 5.74) is 22.3. The van der Waals surface area contributed by atoms with Crippen LogP contribution in [0.4, 0.5) is 0 Å². The highest BCUT2D eigenvalue weighted by molar-refractivity contribution is 6.46. The van der Waals surface area contributed by atoms with E-state index in [-0.39, 0.29) is 0 Å². The second-order valence-corrected chi connectivity index (χ2v) is 19.3. The van der Waals surface area contributed by atoms with Crippen molar-refractivity contribution in [2.75, 3.05) is 0 Å². The number of hydrogen-bond acceptors (Lipinski definition) is 0. The van der Waals surface area contributed by atoms with E-state index in [0.29, 0.717) is 0 Å². The van der Waals surface area contributed by atoms with E-state index in [9.17, 15) is 0 Å². The molecule has 1 aliphatic carbocycles. The number of benzene rings is 14. The van der Waals surface area contributed by atoms with E-state index in [1.807, 2.05) is 0 Å². The zero-order chi connectivity index (χ0) is 47.3. The minimum absolute atomic E-state index is 1.19. The Hall–Kier alpha value is -9.36. The van der Waals surface area contributed by atoms with Crippen molar-refractivity contribution in [2.45, 2.75) is 0 Å². The fourth-order valence-electron chi connectivity index (χ4n) is 12.7. The molecule has 0 heteroatoms. The van der Waals surface area contributed by atoms with Gasteiger partial charge in [0.1, 0.15) is 0 Å². The Balaban J connectivity index is 1.28. The van der Waals surface area contributed by atoms with Crippen LogP contribution in [0.1, 0.15) is 0 Å². The lowest BCUT2D eigenvalue weighted by atomic mass is 9.73. The van der Waals surface area contributed by atoms with Crippen LogP contribution in [0.5, 0.6) is 0 Å². The zero-order valence-electron chi connectivity index (χ0n) is 39.4. The fourth-order valence-corrected chi connectivity index (χ4v) is 12.7. The first-order valence-electron chi connectivity index (χ1n) is 25.1. The van der Waals surface area contributed by atoms with Gasteiger partial charge in [0.2, 0.25) is 0 Å². The summed E-state index contributed by atoms with van der Waals surface area (Å²) in [6, 6.07) is 99.5. The monoisotopic (exact) mass is 908 g/mol. The maximum atomic E-state index is 2.46. The molecular weight excluding hydrogens is 865 g/mol. The fraction of sp³-hybridized carbons (Fsp3) is 0. The van der Waals surface area contributed by atoms with Crippen molar-refractivity contribution in [3.8, 4) is 100 Å². The van der Waals surface area contributed by atoms with Crippen LogP contribution >= 0.6 is 0 Å². The zero-order valence-corrected chi connectivity index (χ0v) is 39.4. The summed E-state index contributed by atoms with van der Waals surface area (Å²) in [6.07, 6.45) is 0. The van der Waals surface area contributed by atoms with E-state index in [1.54, 1.807) is 0 Å². The largest absolute Gasteiger partial charge is 0.0622 e. The molecular formula is C72H44. The molecule has 0 bridgehead atoms.